The van der Waals surface area contributed by atoms with Crippen LogP contribution in [-0.4, -0.2) is 47.0 Å². The summed E-state index contributed by atoms with van der Waals surface area (Å²) in [6.45, 7) is 5.55. The predicted octanol–water partition coefficient (Wildman–Crippen LogP) is 3.91. The molecule has 2 aromatic rings. The van der Waals surface area contributed by atoms with Crippen LogP contribution in [0.2, 0.25) is 0 Å². The van der Waals surface area contributed by atoms with Crippen molar-refractivity contribution < 1.29 is 9.53 Å². The number of hydrogen-bond acceptors (Lipinski definition) is 3. The Labute approximate surface area is 155 Å². The molecule has 0 saturated carbocycles. The van der Waals surface area contributed by atoms with Gasteiger partial charge in [-0.2, -0.15) is 5.10 Å². The number of carbonyl (C=O) groups is 1. The Kier molecular flexibility index (Phi) is 5.93. The molecule has 0 spiro atoms. The van der Waals surface area contributed by atoms with Crippen molar-refractivity contribution in [2.75, 3.05) is 25.5 Å². The van der Waals surface area contributed by atoms with E-state index in [-0.39, 0.29) is 6.03 Å². The van der Waals surface area contributed by atoms with E-state index in [2.05, 4.69) is 10.4 Å². The Hall–Kier alpha value is -2.34. The number of anilines is 1. The molecule has 3 rings (SSSR count). The van der Waals surface area contributed by atoms with Crippen molar-refractivity contribution in [3.05, 3.63) is 41.6 Å². The highest BCUT2D eigenvalue weighted by molar-refractivity contribution is 5.88. The van der Waals surface area contributed by atoms with Gasteiger partial charge in [0.25, 0.3) is 0 Å². The smallest absolute Gasteiger partial charge is 0.322 e. The summed E-state index contributed by atoms with van der Waals surface area (Å²) in [6.07, 6.45) is 4.63. The lowest BCUT2D eigenvalue weighted by molar-refractivity contribution is 0.101. The zero-order valence-corrected chi connectivity index (χ0v) is 15.9. The van der Waals surface area contributed by atoms with Gasteiger partial charge >= 0.3 is 6.03 Å². The number of benzene rings is 1. The van der Waals surface area contributed by atoms with Crippen LogP contribution >= 0.6 is 0 Å². The number of carbonyl (C=O) groups excluding carboxylic acids is 1. The molecular weight excluding hydrogens is 328 g/mol. The van der Waals surface area contributed by atoms with Crippen molar-refractivity contribution in [3.8, 4) is 5.69 Å². The molecule has 1 aliphatic rings. The highest BCUT2D eigenvalue weighted by Gasteiger charge is 2.17. The van der Waals surface area contributed by atoms with Gasteiger partial charge in [0.2, 0.25) is 0 Å². The molecule has 0 aliphatic carbocycles. The fourth-order valence-electron chi connectivity index (χ4n) is 3.31. The molecule has 1 aromatic carbocycles. The van der Waals surface area contributed by atoms with Gasteiger partial charge in [0.1, 0.15) is 5.82 Å². The Bertz CT molecular complexity index is 750. The number of aryl methyl sites for hydroxylation is 2. The molecule has 2 amide bonds. The van der Waals surface area contributed by atoms with Crippen LogP contribution in [0.15, 0.2) is 30.3 Å². The molecule has 6 heteroatoms. The highest BCUT2D eigenvalue weighted by Crippen LogP contribution is 2.21. The summed E-state index contributed by atoms with van der Waals surface area (Å²) in [4.78, 5) is 14.3. The van der Waals surface area contributed by atoms with Crippen LogP contribution < -0.4 is 5.32 Å². The lowest BCUT2D eigenvalue weighted by atomic mass is 10.1. The van der Waals surface area contributed by atoms with Gasteiger partial charge < -0.3 is 9.64 Å². The first-order valence-electron chi connectivity index (χ1n) is 9.31. The number of para-hydroxylation sites is 1. The van der Waals surface area contributed by atoms with Gasteiger partial charge in [0.15, 0.2) is 0 Å². The molecular formula is C20H28N4O2. The van der Waals surface area contributed by atoms with Gasteiger partial charge in [-0.1, -0.05) is 18.2 Å². The number of amides is 2. The number of hydrogen-bond donors (Lipinski definition) is 1. The summed E-state index contributed by atoms with van der Waals surface area (Å²) < 4.78 is 7.43. The molecule has 0 bridgehead atoms. The SMILES string of the molecule is Cc1cc(NC(=O)N(C)CCCC2CCCO2)n(-c2ccccc2C)n1. The van der Waals surface area contributed by atoms with Gasteiger partial charge in [-0.25, -0.2) is 9.48 Å². The van der Waals surface area contributed by atoms with E-state index < -0.39 is 0 Å². The van der Waals surface area contributed by atoms with Gasteiger partial charge in [0.05, 0.1) is 17.5 Å². The largest absolute Gasteiger partial charge is 0.378 e. The fourth-order valence-corrected chi connectivity index (χ4v) is 3.31. The van der Waals surface area contributed by atoms with Crippen LogP contribution in [0.1, 0.15) is 36.9 Å². The average molecular weight is 356 g/mol. The van der Waals surface area contributed by atoms with Crippen molar-refractivity contribution in [1.29, 1.82) is 0 Å². The summed E-state index contributed by atoms with van der Waals surface area (Å²) in [6, 6.07) is 9.78. The van der Waals surface area contributed by atoms with E-state index in [4.69, 9.17) is 4.74 Å². The molecule has 1 unspecified atom stereocenters. The summed E-state index contributed by atoms with van der Waals surface area (Å²) in [5, 5.41) is 7.53. The fraction of sp³-hybridized carbons (Fsp3) is 0.500. The van der Waals surface area contributed by atoms with Crippen molar-refractivity contribution in [3.63, 3.8) is 0 Å². The molecule has 1 fully saturated rings. The molecule has 1 aromatic heterocycles. The zero-order valence-electron chi connectivity index (χ0n) is 15.9. The Balaban J connectivity index is 1.61. The van der Waals surface area contributed by atoms with E-state index in [1.54, 1.807) is 9.58 Å². The predicted molar refractivity (Wildman–Crippen MR) is 103 cm³/mol. The van der Waals surface area contributed by atoms with Gasteiger partial charge in [-0.15, -0.1) is 0 Å². The number of urea groups is 1. The van der Waals surface area contributed by atoms with Crippen LogP contribution in [0.5, 0.6) is 0 Å². The van der Waals surface area contributed by atoms with Crippen LogP contribution in [0.25, 0.3) is 5.69 Å². The van der Waals surface area contributed by atoms with E-state index >= 15 is 0 Å². The van der Waals surface area contributed by atoms with E-state index in [0.29, 0.717) is 18.5 Å². The number of nitrogens with zero attached hydrogens (tertiary/aromatic N) is 3. The van der Waals surface area contributed by atoms with Crippen LogP contribution in [0, 0.1) is 13.8 Å². The normalized spacial score (nSPS) is 16.7. The first-order valence-corrected chi connectivity index (χ1v) is 9.31. The first-order chi connectivity index (χ1) is 12.5. The first kappa shape index (κ1) is 18.5. The van der Waals surface area contributed by atoms with Crippen molar-refractivity contribution in [1.82, 2.24) is 14.7 Å². The number of aromatic nitrogens is 2. The number of ether oxygens (including phenoxy) is 1. The lowest BCUT2D eigenvalue weighted by Gasteiger charge is -2.19. The molecule has 2 heterocycles. The minimum Gasteiger partial charge on any atom is -0.378 e. The molecule has 140 valence electrons. The molecule has 1 saturated heterocycles. The van der Waals surface area contributed by atoms with Gasteiger partial charge in [-0.05, 0) is 51.2 Å². The third kappa shape index (κ3) is 4.43. The number of nitrogens with one attached hydrogen (secondary N) is 1. The standard InChI is InChI=1S/C20H28N4O2/c1-15-8-4-5-11-18(15)24-19(14-16(2)22-24)21-20(25)23(3)12-6-9-17-10-7-13-26-17/h4-5,8,11,14,17H,6-7,9-10,12-13H2,1-3H3,(H,21,25). The molecule has 0 radical (unpaired) electrons. The lowest BCUT2D eigenvalue weighted by Crippen LogP contribution is -2.33. The molecule has 26 heavy (non-hydrogen) atoms. The zero-order chi connectivity index (χ0) is 18.5. The minimum absolute atomic E-state index is 0.118. The maximum atomic E-state index is 12.6. The van der Waals surface area contributed by atoms with Crippen molar-refractivity contribution >= 4 is 11.8 Å². The third-order valence-corrected chi connectivity index (χ3v) is 4.80. The van der Waals surface area contributed by atoms with E-state index in [1.165, 1.54) is 0 Å². The average Bonchev–Trinajstić information content (AvgIpc) is 3.25. The second-order valence-electron chi connectivity index (χ2n) is 7.00. The quantitative estimate of drug-likeness (QED) is 0.854. The highest BCUT2D eigenvalue weighted by atomic mass is 16.5. The summed E-state index contributed by atoms with van der Waals surface area (Å²) in [7, 11) is 1.83. The van der Waals surface area contributed by atoms with Crippen LogP contribution in [-0.2, 0) is 4.74 Å². The van der Waals surface area contributed by atoms with Crippen molar-refractivity contribution in [2.45, 2.75) is 45.6 Å². The van der Waals surface area contributed by atoms with Crippen LogP contribution in [0.4, 0.5) is 10.6 Å². The second kappa shape index (κ2) is 8.36. The third-order valence-electron chi connectivity index (χ3n) is 4.80. The summed E-state index contributed by atoms with van der Waals surface area (Å²) in [5.41, 5.74) is 2.94. The monoisotopic (exact) mass is 356 g/mol. The topological polar surface area (TPSA) is 59.4 Å². The summed E-state index contributed by atoms with van der Waals surface area (Å²) in [5.74, 6) is 0.688. The summed E-state index contributed by atoms with van der Waals surface area (Å²) >= 11 is 0. The number of rotatable bonds is 6. The molecule has 1 atom stereocenters. The maximum Gasteiger partial charge on any atom is 0.322 e. The molecule has 1 aliphatic heterocycles. The van der Waals surface area contributed by atoms with Gasteiger partial charge in [-0.3, -0.25) is 5.32 Å². The minimum atomic E-state index is -0.118. The van der Waals surface area contributed by atoms with E-state index in [1.807, 2.05) is 51.2 Å². The van der Waals surface area contributed by atoms with Gasteiger partial charge in [0, 0.05) is 26.3 Å². The maximum absolute atomic E-state index is 12.6. The Morgan fingerprint density at radius 3 is 2.92 bits per heavy atom. The Morgan fingerprint density at radius 1 is 1.38 bits per heavy atom. The molecule has 1 N–H and O–H groups in total. The van der Waals surface area contributed by atoms with E-state index in [0.717, 1.165) is 49.2 Å². The molecule has 6 nitrogen and oxygen atoms in total. The Morgan fingerprint density at radius 2 is 2.19 bits per heavy atom. The van der Waals surface area contributed by atoms with Crippen LogP contribution in [0.3, 0.4) is 0 Å². The van der Waals surface area contributed by atoms with E-state index in [9.17, 15) is 4.79 Å². The van der Waals surface area contributed by atoms with Crippen molar-refractivity contribution in [2.24, 2.45) is 0 Å². The second-order valence-corrected chi connectivity index (χ2v) is 7.00.